The van der Waals surface area contributed by atoms with E-state index in [0.717, 1.165) is 10.0 Å². The predicted molar refractivity (Wildman–Crippen MR) is 78.0 cm³/mol. The third-order valence-corrected chi connectivity index (χ3v) is 3.63. The lowest BCUT2D eigenvalue weighted by molar-refractivity contribution is -0.117. The van der Waals surface area contributed by atoms with Crippen molar-refractivity contribution in [3.8, 4) is 0 Å². The SMILES string of the molecule is O=C(Cc1ccc(Br)cc1)Cc1c(F)cccc1Cl. The molecule has 0 spiro atoms. The van der Waals surface area contributed by atoms with E-state index in [1.807, 2.05) is 24.3 Å². The summed E-state index contributed by atoms with van der Waals surface area (Å²) >= 11 is 9.23. The lowest BCUT2D eigenvalue weighted by Gasteiger charge is -2.05. The van der Waals surface area contributed by atoms with Gasteiger partial charge in [-0.05, 0) is 29.8 Å². The maximum atomic E-state index is 13.6. The van der Waals surface area contributed by atoms with Crippen molar-refractivity contribution in [2.75, 3.05) is 0 Å². The first-order valence-corrected chi connectivity index (χ1v) is 6.92. The third-order valence-electron chi connectivity index (χ3n) is 2.75. The quantitative estimate of drug-likeness (QED) is 0.794. The van der Waals surface area contributed by atoms with Gasteiger partial charge in [-0.1, -0.05) is 45.7 Å². The van der Waals surface area contributed by atoms with Crippen molar-refractivity contribution < 1.29 is 9.18 Å². The molecule has 0 aliphatic carbocycles. The summed E-state index contributed by atoms with van der Waals surface area (Å²) < 4.78 is 14.5. The zero-order chi connectivity index (χ0) is 13.8. The molecule has 4 heteroatoms. The minimum absolute atomic E-state index is 0.0154. The van der Waals surface area contributed by atoms with Crippen LogP contribution in [0.2, 0.25) is 5.02 Å². The minimum atomic E-state index is -0.434. The Bertz CT molecular complexity index is 575. The van der Waals surface area contributed by atoms with Crippen LogP contribution in [-0.2, 0) is 17.6 Å². The highest BCUT2D eigenvalue weighted by molar-refractivity contribution is 9.10. The van der Waals surface area contributed by atoms with Gasteiger partial charge in [0.15, 0.2) is 0 Å². The van der Waals surface area contributed by atoms with Gasteiger partial charge in [-0.25, -0.2) is 4.39 Å². The van der Waals surface area contributed by atoms with E-state index >= 15 is 0 Å². The molecule has 0 unspecified atom stereocenters. The standard InChI is InChI=1S/C15H11BrClFO/c16-11-6-4-10(5-7-11)8-12(19)9-13-14(17)2-1-3-15(13)18/h1-7H,8-9H2. The molecule has 19 heavy (non-hydrogen) atoms. The molecule has 0 amide bonds. The average molecular weight is 342 g/mol. The maximum absolute atomic E-state index is 13.6. The minimum Gasteiger partial charge on any atom is -0.299 e. The van der Waals surface area contributed by atoms with Gasteiger partial charge in [-0.2, -0.15) is 0 Å². The first-order valence-electron chi connectivity index (χ1n) is 5.75. The number of carbonyl (C=O) groups is 1. The largest absolute Gasteiger partial charge is 0.299 e. The van der Waals surface area contributed by atoms with Crippen molar-refractivity contribution in [3.63, 3.8) is 0 Å². The Hall–Kier alpha value is -1.19. The Morgan fingerprint density at radius 1 is 1.11 bits per heavy atom. The number of hydrogen-bond acceptors (Lipinski definition) is 1. The molecule has 1 nitrogen and oxygen atoms in total. The predicted octanol–water partition coefficient (Wildman–Crippen LogP) is 4.60. The van der Waals surface area contributed by atoms with Gasteiger partial charge in [0.1, 0.15) is 11.6 Å². The number of Topliss-reactive ketones (excluding diaryl/α,β-unsaturated/α-hetero) is 1. The zero-order valence-electron chi connectivity index (χ0n) is 10.00. The van der Waals surface area contributed by atoms with Crippen LogP contribution in [0.15, 0.2) is 46.9 Å². The monoisotopic (exact) mass is 340 g/mol. The van der Waals surface area contributed by atoms with Crippen LogP contribution in [0.1, 0.15) is 11.1 Å². The topological polar surface area (TPSA) is 17.1 Å². The third kappa shape index (κ3) is 3.88. The fourth-order valence-electron chi connectivity index (χ4n) is 1.79. The van der Waals surface area contributed by atoms with Gasteiger partial charge in [-0.15, -0.1) is 0 Å². The molecule has 0 heterocycles. The first kappa shape index (κ1) is 14.2. The normalized spacial score (nSPS) is 10.5. The molecular formula is C15H11BrClFO. The van der Waals surface area contributed by atoms with Gasteiger partial charge in [0.25, 0.3) is 0 Å². The smallest absolute Gasteiger partial charge is 0.141 e. The van der Waals surface area contributed by atoms with E-state index < -0.39 is 5.82 Å². The Balaban J connectivity index is 2.07. The summed E-state index contributed by atoms with van der Waals surface area (Å²) in [6.07, 6.45) is 0.291. The second kappa shape index (κ2) is 6.31. The van der Waals surface area contributed by atoms with E-state index in [2.05, 4.69) is 15.9 Å². The Labute approximate surface area is 124 Å². The summed E-state index contributed by atoms with van der Waals surface area (Å²) in [4.78, 5) is 11.9. The highest BCUT2D eigenvalue weighted by atomic mass is 79.9. The van der Waals surface area contributed by atoms with E-state index in [0.29, 0.717) is 5.02 Å². The summed E-state index contributed by atoms with van der Waals surface area (Å²) in [7, 11) is 0. The maximum Gasteiger partial charge on any atom is 0.141 e. The summed E-state index contributed by atoms with van der Waals surface area (Å²) in [6, 6.07) is 11.9. The molecule has 0 aromatic heterocycles. The Morgan fingerprint density at radius 2 is 1.79 bits per heavy atom. The van der Waals surface area contributed by atoms with Crippen molar-refractivity contribution in [2.45, 2.75) is 12.8 Å². The van der Waals surface area contributed by atoms with Gasteiger partial charge >= 0.3 is 0 Å². The van der Waals surface area contributed by atoms with Crippen LogP contribution in [0.4, 0.5) is 4.39 Å². The average Bonchev–Trinajstić information content (AvgIpc) is 2.37. The number of carbonyl (C=O) groups excluding carboxylic acids is 1. The Morgan fingerprint density at radius 3 is 2.42 bits per heavy atom. The molecule has 0 bridgehead atoms. The van der Waals surface area contributed by atoms with Crippen molar-refractivity contribution in [1.29, 1.82) is 0 Å². The molecule has 0 radical (unpaired) electrons. The van der Waals surface area contributed by atoms with Gasteiger partial charge < -0.3 is 0 Å². The zero-order valence-corrected chi connectivity index (χ0v) is 12.3. The van der Waals surface area contributed by atoms with Gasteiger partial charge in [0.05, 0.1) is 0 Å². The molecule has 0 N–H and O–H groups in total. The fourth-order valence-corrected chi connectivity index (χ4v) is 2.28. The van der Waals surface area contributed by atoms with Crippen LogP contribution in [0.5, 0.6) is 0 Å². The lowest BCUT2D eigenvalue weighted by atomic mass is 10.0. The van der Waals surface area contributed by atoms with E-state index in [4.69, 9.17) is 11.6 Å². The number of benzene rings is 2. The van der Waals surface area contributed by atoms with Crippen LogP contribution in [0.25, 0.3) is 0 Å². The summed E-state index contributed by atoms with van der Waals surface area (Å²) in [6.45, 7) is 0. The Kier molecular flexibility index (Phi) is 4.72. The van der Waals surface area contributed by atoms with E-state index in [9.17, 15) is 9.18 Å². The lowest BCUT2D eigenvalue weighted by Crippen LogP contribution is -2.08. The van der Waals surface area contributed by atoms with Crippen LogP contribution >= 0.6 is 27.5 Å². The summed E-state index contributed by atoms with van der Waals surface area (Å²) in [5.41, 5.74) is 1.17. The molecule has 2 aromatic rings. The summed E-state index contributed by atoms with van der Waals surface area (Å²) in [5, 5.41) is 0.296. The molecular weight excluding hydrogens is 331 g/mol. The molecule has 0 aliphatic rings. The highest BCUT2D eigenvalue weighted by Gasteiger charge is 2.12. The van der Waals surface area contributed by atoms with E-state index in [-0.39, 0.29) is 24.2 Å². The van der Waals surface area contributed by atoms with Crippen LogP contribution in [0.3, 0.4) is 0 Å². The fraction of sp³-hybridized carbons (Fsp3) is 0.133. The molecule has 0 saturated carbocycles. The number of ketones is 1. The molecule has 0 aliphatic heterocycles. The van der Waals surface area contributed by atoms with Crippen molar-refractivity contribution in [3.05, 3.63) is 68.9 Å². The van der Waals surface area contributed by atoms with E-state index in [1.54, 1.807) is 6.07 Å². The van der Waals surface area contributed by atoms with Crippen LogP contribution in [-0.4, -0.2) is 5.78 Å². The van der Waals surface area contributed by atoms with E-state index in [1.165, 1.54) is 12.1 Å². The molecule has 0 atom stereocenters. The number of rotatable bonds is 4. The van der Waals surface area contributed by atoms with Crippen LogP contribution < -0.4 is 0 Å². The van der Waals surface area contributed by atoms with Crippen molar-refractivity contribution in [1.82, 2.24) is 0 Å². The second-order valence-electron chi connectivity index (χ2n) is 4.22. The van der Waals surface area contributed by atoms with Gasteiger partial charge in [0.2, 0.25) is 0 Å². The van der Waals surface area contributed by atoms with Crippen molar-refractivity contribution in [2.24, 2.45) is 0 Å². The number of hydrogen-bond donors (Lipinski definition) is 0. The van der Waals surface area contributed by atoms with Gasteiger partial charge in [0, 0.05) is 27.9 Å². The second-order valence-corrected chi connectivity index (χ2v) is 5.54. The van der Waals surface area contributed by atoms with Crippen molar-refractivity contribution >= 4 is 33.3 Å². The molecule has 0 saturated heterocycles. The highest BCUT2D eigenvalue weighted by Crippen LogP contribution is 2.20. The molecule has 0 fully saturated rings. The summed E-state index contributed by atoms with van der Waals surface area (Å²) in [5.74, 6) is -0.494. The molecule has 2 rings (SSSR count). The molecule has 2 aromatic carbocycles. The number of halogens is 3. The first-order chi connectivity index (χ1) is 9.06. The molecule has 98 valence electrons. The van der Waals surface area contributed by atoms with Crippen LogP contribution in [0, 0.1) is 5.82 Å². The van der Waals surface area contributed by atoms with Gasteiger partial charge in [-0.3, -0.25) is 4.79 Å².